The number of rotatable bonds is 3. The van der Waals surface area contributed by atoms with Gasteiger partial charge >= 0.3 is 0 Å². The number of aryl methyl sites for hydroxylation is 1. The van der Waals surface area contributed by atoms with Crippen LogP contribution < -0.4 is 0 Å². The molecule has 0 saturated carbocycles. The molecule has 1 unspecified atom stereocenters. The van der Waals surface area contributed by atoms with Crippen LogP contribution in [-0.4, -0.2) is 33.4 Å². The second-order valence-electron chi connectivity index (χ2n) is 5.42. The predicted molar refractivity (Wildman–Crippen MR) is 74.8 cm³/mol. The van der Waals surface area contributed by atoms with Crippen molar-refractivity contribution in [1.29, 1.82) is 0 Å². The van der Waals surface area contributed by atoms with Crippen LogP contribution in [0, 0.1) is 5.82 Å². The van der Waals surface area contributed by atoms with E-state index in [2.05, 4.69) is 16.9 Å². The molecule has 0 aliphatic carbocycles. The number of nitrogens with one attached hydrogen (secondary N) is 1. The Labute approximate surface area is 117 Å². The average Bonchev–Trinajstić information content (AvgIpc) is 3.01. The number of hydrogen-bond donors (Lipinski definition) is 1. The van der Waals surface area contributed by atoms with Gasteiger partial charge in [0.25, 0.3) is 0 Å². The first-order valence-corrected chi connectivity index (χ1v) is 7.07. The van der Waals surface area contributed by atoms with Crippen molar-refractivity contribution in [2.24, 2.45) is 0 Å². The van der Waals surface area contributed by atoms with Crippen molar-refractivity contribution in [2.75, 3.05) is 6.54 Å². The van der Waals surface area contributed by atoms with Crippen LogP contribution in [0.4, 0.5) is 4.39 Å². The summed E-state index contributed by atoms with van der Waals surface area (Å²) in [5.74, 6) is 0.641. The fraction of sp³-hybridized carbons (Fsp3) is 0.467. The van der Waals surface area contributed by atoms with Crippen molar-refractivity contribution in [3.8, 4) is 0 Å². The van der Waals surface area contributed by atoms with E-state index in [1.54, 1.807) is 6.07 Å². The Morgan fingerprint density at radius 2 is 2.40 bits per heavy atom. The van der Waals surface area contributed by atoms with Crippen LogP contribution in [0.15, 0.2) is 18.2 Å². The molecular formula is C15H18FN3O. The van der Waals surface area contributed by atoms with Gasteiger partial charge in [-0.1, -0.05) is 0 Å². The topological polar surface area (TPSA) is 49.0 Å². The Bertz CT molecular complexity index is 637. The SMILES string of the molecule is CC1CCCN1C(=O)CCc1nc2ccc(F)cc2[nH]1. The van der Waals surface area contributed by atoms with Crippen molar-refractivity contribution >= 4 is 16.9 Å². The molecule has 0 radical (unpaired) electrons. The lowest BCUT2D eigenvalue weighted by atomic mass is 10.2. The number of halogens is 1. The summed E-state index contributed by atoms with van der Waals surface area (Å²) in [7, 11) is 0. The first-order chi connectivity index (χ1) is 9.63. The fourth-order valence-corrected chi connectivity index (χ4v) is 2.83. The Kier molecular flexibility index (Phi) is 3.42. The molecule has 0 bridgehead atoms. The normalized spacial score (nSPS) is 18.9. The molecular weight excluding hydrogens is 257 g/mol. The highest BCUT2D eigenvalue weighted by Gasteiger charge is 2.24. The van der Waals surface area contributed by atoms with E-state index in [4.69, 9.17) is 0 Å². The Morgan fingerprint density at radius 3 is 3.15 bits per heavy atom. The minimum atomic E-state index is -0.283. The number of benzene rings is 1. The summed E-state index contributed by atoms with van der Waals surface area (Å²) in [6.45, 7) is 2.96. The summed E-state index contributed by atoms with van der Waals surface area (Å²) in [6.07, 6.45) is 3.21. The minimum absolute atomic E-state index is 0.182. The zero-order chi connectivity index (χ0) is 14.1. The van der Waals surface area contributed by atoms with E-state index in [1.807, 2.05) is 4.90 Å². The molecule has 1 aliphatic heterocycles. The number of fused-ring (bicyclic) bond motifs is 1. The van der Waals surface area contributed by atoms with Crippen LogP contribution >= 0.6 is 0 Å². The van der Waals surface area contributed by atoms with Crippen molar-refractivity contribution in [1.82, 2.24) is 14.9 Å². The van der Waals surface area contributed by atoms with Gasteiger partial charge in [-0.25, -0.2) is 9.37 Å². The van der Waals surface area contributed by atoms with E-state index < -0.39 is 0 Å². The van der Waals surface area contributed by atoms with Gasteiger partial charge in [-0.15, -0.1) is 0 Å². The minimum Gasteiger partial charge on any atom is -0.342 e. The largest absolute Gasteiger partial charge is 0.342 e. The van der Waals surface area contributed by atoms with E-state index in [-0.39, 0.29) is 11.7 Å². The molecule has 1 atom stereocenters. The molecule has 1 aliphatic rings. The summed E-state index contributed by atoms with van der Waals surface area (Å²) in [6, 6.07) is 4.82. The molecule has 20 heavy (non-hydrogen) atoms. The van der Waals surface area contributed by atoms with Gasteiger partial charge in [0.2, 0.25) is 5.91 Å². The van der Waals surface area contributed by atoms with Gasteiger partial charge in [0, 0.05) is 25.4 Å². The first kappa shape index (κ1) is 13.1. The molecule has 2 aromatic rings. The van der Waals surface area contributed by atoms with Crippen molar-refractivity contribution in [3.05, 3.63) is 29.8 Å². The van der Waals surface area contributed by atoms with Crippen LogP contribution in [0.2, 0.25) is 0 Å². The van der Waals surface area contributed by atoms with Gasteiger partial charge in [0.05, 0.1) is 11.0 Å². The van der Waals surface area contributed by atoms with Gasteiger partial charge in [0.1, 0.15) is 11.6 Å². The average molecular weight is 275 g/mol. The van der Waals surface area contributed by atoms with E-state index in [0.717, 1.165) is 30.7 Å². The third-order valence-electron chi connectivity index (χ3n) is 3.94. The molecule has 3 rings (SSSR count). The number of likely N-dealkylation sites (tertiary alicyclic amines) is 1. The Balaban J connectivity index is 1.66. The number of imidazole rings is 1. The van der Waals surface area contributed by atoms with E-state index >= 15 is 0 Å². The predicted octanol–water partition coefficient (Wildman–Crippen LogP) is 2.65. The van der Waals surface area contributed by atoms with E-state index in [0.29, 0.717) is 24.4 Å². The standard InChI is InChI=1S/C15H18FN3O/c1-10-3-2-8-19(10)15(20)7-6-14-17-12-5-4-11(16)9-13(12)18-14/h4-5,9-10H,2-3,6-8H2,1H3,(H,17,18). The number of H-pyrrole nitrogens is 1. The first-order valence-electron chi connectivity index (χ1n) is 7.07. The zero-order valence-corrected chi connectivity index (χ0v) is 11.5. The molecule has 1 aromatic carbocycles. The number of nitrogens with zero attached hydrogens (tertiary/aromatic N) is 2. The molecule has 1 amide bonds. The summed E-state index contributed by atoms with van der Waals surface area (Å²) in [5.41, 5.74) is 1.42. The summed E-state index contributed by atoms with van der Waals surface area (Å²) >= 11 is 0. The summed E-state index contributed by atoms with van der Waals surface area (Å²) in [5, 5.41) is 0. The number of amides is 1. The van der Waals surface area contributed by atoms with E-state index in [9.17, 15) is 9.18 Å². The van der Waals surface area contributed by atoms with Gasteiger partial charge in [-0.05, 0) is 38.0 Å². The molecule has 1 fully saturated rings. The van der Waals surface area contributed by atoms with Crippen molar-refractivity contribution < 1.29 is 9.18 Å². The molecule has 1 aromatic heterocycles. The highest BCUT2D eigenvalue weighted by molar-refractivity contribution is 5.78. The number of hydrogen-bond acceptors (Lipinski definition) is 2. The Hall–Kier alpha value is -1.91. The van der Waals surface area contributed by atoms with Gasteiger partial charge < -0.3 is 9.88 Å². The number of carbonyl (C=O) groups excluding carboxylic acids is 1. The molecule has 106 valence electrons. The highest BCUT2D eigenvalue weighted by Crippen LogP contribution is 2.18. The van der Waals surface area contributed by atoms with Crippen molar-refractivity contribution in [2.45, 2.75) is 38.6 Å². The van der Waals surface area contributed by atoms with Crippen LogP contribution in [0.3, 0.4) is 0 Å². The maximum Gasteiger partial charge on any atom is 0.223 e. The summed E-state index contributed by atoms with van der Waals surface area (Å²) < 4.78 is 13.1. The van der Waals surface area contributed by atoms with Crippen molar-refractivity contribution in [3.63, 3.8) is 0 Å². The quantitative estimate of drug-likeness (QED) is 0.936. The van der Waals surface area contributed by atoms with Gasteiger partial charge in [0.15, 0.2) is 0 Å². The fourth-order valence-electron chi connectivity index (χ4n) is 2.83. The smallest absolute Gasteiger partial charge is 0.223 e. The molecule has 1 saturated heterocycles. The maximum absolute atomic E-state index is 13.1. The second kappa shape index (κ2) is 5.23. The number of aromatic nitrogens is 2. The van der Waals surface area contributed by atoms with E-state index in [1.165, 1.54) is 12.1 Å². The molecule has 0 spiro atoms. The monoisotopic (exact) mass is 275 g/mol. The highest BCUT2D eigenvalue weighted by atomic mass is 19.1. The van der Waals surface area contributed by atoms with Gasteiger partial charge in [-0.2, -0.15) is 0 Å². The Morgan fingerprint density at radius 1 is 1.55 bits per heavy atom. The van der Waals surface area contributed by atoms with Crippen LogP contribution in [0.1, 0.15) is 32.0 Å². The lowest BCUT2D eigenvalue weighted by Gasteiger charge is -2.21. The molecule has 5 heteroatoms. The summed E-state index contributed by atoms with van der Waals surface area (Å²) in [4.78, 5) is 21.5. The molecule has 2 heterocycles. The van der Waals surface area contributed by atoms with Crippen LogP contribution in [0.5, 0.6) is 0 Å². The van der Waals surface area contributed by atoms with Crippen LogP contribution in [0.25, 0.3) is 11.0 Å². The molecule has 4 nitrogen and oxygen atoms in total. The third kappa shape index (κ3) is 2.53. The number of carbonyl (C=O) groups is 1. The lowest BCUT2D eigenvalue weighted by Crippen LogP contribution is -2.33. The lowest BCUT2D eigenvalue weighted by molar-refractivity contribution is -0.131. The zero-order valence-electron chi connectivity index (χ0n) is 11.5. The maximum atomic E-state index is 13.1. The third-order valence-corrected chi connectivity index (χ3v) is 3.94. The number of aromatic amines is 1. The molecule has 1 N–H and O–H groups in total. The van der Waals surface area contributed by atoms with Crippen LogP contribution in [-0.2, 0) is 11.2 Å². The van der Waals surface area contributed by atoms with Gasteiger partial charge in [-0.3, -0.25) is 4.79 Å². The second-order valence-corrected chi connectivity index (χ2v) is 5.42.